The van der Waals surface area contributed by atoms with Gasteiger partial charge in [0.25, 0.3) is 0 Å². The molecule has 0 aliphatic rings. The van der Waals surface area contributed by atoms with E-state index in [-0.39, 0.29) is 70.5 Å². The first-order chi connectivity index (χ1) is 1.73. The van der Waals surface area contributed by atoms with Crippen LogP contribution in [-0.2, 0) is 0 Å². The third-order valence-corrected chi connectivity index (χ3v) is 0. The van der Waals surface area contributed by atoms with Gasteiger partial charge in [-0.1, -0.05) is 0 Å². The van der Waals surface area contributed by atoms with Crippen LogP contribution in [0, 0.1) is 0 Å². The van der Waals surface area contributed by atoms with Crippen molar-refractivity contribution in [3.8, 4) is 0 Å². The van der Waals surface area contributed by atoms with Crippen LogP contribution < -0.4 is 0 Å². The summed E-state index contributed by atoms with van der Waals surface area (Å²) in [6.07, 6.45) is 0. The molecule has 0 atom stereocenters. The SMILES string of the molecule is F.OB(O)O.[AlH3].[LiH].[NaH]. The van der Waals surface area contributed by atoms with Crippen LogP contribution in [-0.4, -0.2) is 88.2 Å². The van der Waals surface area contributed by atoms with E-state index in [1.165, 1.54) is 0 Å². The molecular weight excluding hydrogens is 135 g/mol. The molecule has 8 heavy (non-hydrogen) atoms. The van der Waals surface area contributed by atoms with E-state index in [4.69, 9.17) is 15.1 Å². The molecule has 0 saturated heterocycles. The molecule has 0 aliphatic carbocycles. The summed E-state index contributed by atoms with van der Waals surface area (Å²) >= 11 is 0. The average molecular weight is 144 g/mol. The van der Waals surface area contributed by atoms with Crippen molar-refractivity contribution >= 4 is 73.1 Å². The Morgan fingerprint density at radius 3 is 1.00 bits per heavy atom. The van der Waals surface area contributed by atoms with Crippen molar-refractivity contribution in [2.45, 2.75) is 0 Å². The first kappa shape index (κ1) is 32.4. The molecular formula is H9AlBFLiNaO3. The molecule has 8 heteroatoms. The third-order valence-electron chi connectivity index (χ3n) is 0. The Morgan fingerprint density at radius 1 is 1.00 bits per heavy atom. The summed E-state index contributed by atoms with van der Waals surface area (Å²) in [6.45, 7) is 0. The minimum atomic E-state index is -2.17. The van der Waals surface area contributed by atoms with E-state index in [1.807, 2.05) is 0 Å². The van der Waals surface area contributed by atoms with Gasteiger partial charge < -0.3 is 15.1 Å². The second-order valence-electron chi connectivity index (χ2n) is 0.346. The van der Waals surface area contributed by atoms with Crippen LogP contribution in [0.25, 0.3) is 0 Å². The predicted molar refractivity (Wildman–Crippen MR) is 39.2 cm³/mol. The fourth-order valence-electron chi connectivity index (χ4n) is 0. The zero-order chi connectivity index (χ0) is 3.58. The van der Waals surface area contributed by atoms with Gasteiger partial charge in [0.15, 0.2) is 17.4 Å². The Kier molecular flexibility index (Phi) is 93.3. The van der Waals surface area contributed by atoms with Crippen molar-refractivity contribution in [1.29, 1.82) is 0 Å². The maximum atomic E-state index is 7.17. The fourth-order valence-corrected chi connectivity index (χ4v) is 0. The normalized spacial score (nSPS) is 3.38. The Balaban J connectivity index is -0.00000000750. The zero-order valence-corrected chi connectivity index (χ0v) is 2.33. The van der Waals surface area contributed by atoms with E-state index in [9.17, 15) is 0 Å². The Morgan fingerprint density at radius 2 is 1.00 bits per heavy atom. The Hall–Kier alpha value is 2.00. The summed E-state index contributed by atoms with van der Waals surface area (Å²) in [6, 6.07) is 0. The fraction of sp³-hybridized carbons (Fsp3) is 0. The van der Waals surface area contributed by atoms with Gasteiger partial charge in [0.05, 0.1) is 0 Å². The molecule has 3 nitrogen and oxygen atoms in total. The molecule has 0 radical (unpaired) electrons. The van der Waals surface area contributed by atoms with Crippen LogP contribution in [0.15, 0.2) is 0 Å². The van der Waals surface area contributed by atoms with E-state index in [0.29, 0.717) is 0 Å². The number of rotatable bonds is 0. The van der Waals surface area contributed by atoms with Gasteiger partial charge in [-0.25, -0.2) is 0 Å². The number of halogens is 1. The summed E-state index contributed by atoms with van der Waals surface area (Å²) in [5.41, 5.74) is 0. The van der Waals surface area contributed by atoms with Crippen molar-refractivity contribution in [1.82, 2.24) is 0 Å². The molecule has 0 saturated carbocycles. The molecule has 0 aromatic heterocycles. The predicted octanol–water partition coefficient (Wildman–Crippen LogP) is -4.38. The summed E-state index contributed by atoms with van der Waals surface area (Å²) in [7, 11) is -2.17. The molecule has 0 aliphatic heterocycles. The van der Waals surface area contributed by atoms with Gasteiger partial charge in [-0.15, -0.1) is 0 Å². The van der Waals surface area contributed by atoms with Gasteiger partial charge in [0.1, 0.15) is 0 Å². The van der Waals surface area contributed by atoms with E-state index >= 15 is 0 Å². The number of hydrogen-bond donors (Lipinski definition) is 3. The molecule has 42 valence electrons. The van der Waals surface area contributed by atoms with Crippen LogP contribution in [0.4, 0.5) is 4.70 Å². The zero-order valence-electron chi connectivity index (χ0n) is 2.33. The van der Waals surface area contributed by atoms with Crippen molar-refractivity contribution in [2.24, 2.45) is 0 Å². The van der Waals surface area contributed by atoms with Gasteiger partial charge >= 0.3 is 55.7 Å². The minimum absolute atomic E-state index is 0. The first-order valence-electron chi connectivity index (χ1n) is 0.775. The van der Waals surface area contributed by atoms with E-state index < -0.39 is 7.32 Å². The van der Waals surface area contributed by atoms with Gasteiger partial charge in [0.2, 0.25) is 0 Å². The topological polar surface area (TPSA) is 60.7 Å². The molecule has 0 aromatic carbocycles. The van der Waals surface area contributed by atoms with Crippen LogP contribution in [0.1, 0.15) is 0 Å². The molecule has 0 unspecified atom stereocenters. The van der Waals surface area contributed by atoms with Crippen molar-refractivity contribution < 1.29 is 19.8 Å². The summed E-state index contributed by atoms with van der Waals surface area (Å²) in [5.74, 6) is 0. The van der Waals surface area contributed by atoms with Crippen LogP contribution in [0.5, 0.6) is 0 Å². The van der Waals surface area contributed by atoms with Crippen LogP contribution in [0.2, 0.25) is 0 Å². The van der Waals surface area contributed by atoms with Gasteiger partial charge in [-0.2, -0.15) is 0 Å². The molecule has 0 spiro atoms. The molecule has 3 N–H and O–H groups in total. The first-order valence-corrected chi connectivity index (χ1v) is 0.775. The van der Waals surface area contributed by atoms with E-state index in [1.54, 1.807) is 0 Å². The number of hydrogen-bond acceptors (Lipinski definition) is 3. The average Bonchev–Trinajstić information content (AvgIpc) is 0.811. The van der Waals surface area contributed by atoms with E-state index in [2.05, 4.69) is 0 Å². The quantitative estimate of drug-likeness (QED) is 0.301. The molecule has 0 aromatic rings. The van der Waals surface area contributed by atoms with Crippen molar-refractivity contribution in [3.05, 3.63) is 0 Å². The van der Waals surface area contributed by atoms with Crippen molar-refractivity contribution in [3.63, 3.8) is 0 Å². The monoisotopic (exact) mass is 144 g/mol. The summed E-state index contributed by atoms with van der Waals surface area (Å²) in [5, 5.41) is 21.5. The molecule has 0 rings (SSSR count). The Bertz CT molecular complexity index is 24.0. The van der Waals surface area contributed by atoms with Crippen LogP contribution >= 0.6 is 0 Å². The Labute approximate surface area is 92.0 Å². The van der Waals surface area contributed by atoms with Gasteiger partial charge in [-0.3, -0.25) is 4.70 Å². The van der Waals surface area contributed by atoms with Gasteiger partial charge in [-0.05, 0) is 0 Å². The van der Waals surface area contributed by atoms with Crippen LogP contribution in [0.3, 0.4) is 0 Å². The van der Waals surface area contributed by atoms with Gasteiger partial charge in [0, 0.05) is 0 Å². The summed E-state index contributed by atoms with van der Waals surface area (Å²) in [4.78, 5) is 0. The second kappa shape index (κ2) is 23.0. The second-order valence-corrected chi connectivity index (χ2v) is 0.346. The maximum absolute atomic E-state index is 7.17. The molecule has 0 bridgehead atoms. The molecule has 0 heterocycles. The molecule has 0 amide bonds. The standard InChI is InChI=1S/Al.BH3O3.FH.Li.Na.5H/c;2-1(3)4;;;;;;;;/h;2-4H;1H;;;;;;;. The van der Waals surface area contributed by atoms with E-state index in [0.717, 1.165) is 0 Å². The summed E-state index contributed by atoms with van der Waals surface area (Å²) < 4.78 is 0. The van der Waals surface area contributed by atoms with Crippen molar-refractivity contribution in [2.75, 3.05) is 0 Å². The third kappa shape index (κ3) is 97.7. The molecule has 0 fully saturated rings.